The Morgan fingerprint density at radius 3 is 2.39 bits per heavy atom. The van der Waals surface area contributed by atoms with Gasteiger partial charge in [-0.3, -0.25) is 0 Å². The van der Waals surface area contributed by atoms with E-state index in [1.807, 2.05) is 19.1 Å². The van der Waals surface area contributed by atoms with E-state index in [4.69, 9.17) is 0 Å². The number of hydrogen-bond donors (Lipinski definition) is 2. The minimum atomic E-state index is 0.340. The largest absolute Gasteiger partial charge is 0.508 e. The second-order valence-corrected chi connectivity index (χ2v) is 4.78. The molecule has 0 aliphatic rings. The summed E-state index contributed by atoms with van der Waals surface area (Å²) in [5.74, 6) is 0.340. The summed E-state index contributed by atoms with van der Waals surface area (Å²) >= 11 is 0. The highest BCUT2D eigenvalue weighted by Crippen LogP contribution is 2.21. The van der Waals surface area contributed by atoms with Gasteiger partial charge in [0.25, 0.3) is 0 Å². The summed E-state index contributed by atoms with van der Waals surface area (Å²) in [4.78, 5) is 0. The fourth-order valence-corrected chi connectivity index (χ4v) is 2.01. The average molecular weight is 241 g/mol. The van der Waals surface area contributed by atoms with E-state index in [1.54, 1.807) is 6.07 Å². The number of phenolic OH excluding ortho intramolecular Hbond substituents is 1. The van der Waals surface area contributed by atoms with Crippen molar-refractivity contribution in [3.63, 3.8) is 0 Å². The lowest BCUT2D eigenvalue weighted by Crippen LogP contribution is -2.01. The molecular formula is C16H19NO. The first-order chi connectivity index (χ1) is 8.56. The number of rotatable bonds is 3. The van der Waals surface area contributed by atoms with Crippen LogP contribution < -0.4 is 5.32 Å². The number of benzene rings is 2. The summed E-state index contributed by atoms with van der Waals surface area (Å²) in [5, 5.41) is 12.9. The highest BCUT2D eigenvalue weighted by Gasteiger charge is 2.00. The first kappa shape index (κ1) is 12.5. The van der Waals surface area contributed by atoms with Crippen molar-refractivity contribution in [2.75, 3.05) is 5.32 Å². The van der Waals surface area contributed by atoms with E-state index >= 15 is 0 Å². The van der Waals surface area contributed by atoms with Crippen LogP contribution in [0.25, 0.3) is 0 Å². The third kappa shape index (κ3) is 2.83. The van der Waals surface area contributed by atoms with Gasteiger partial charge < -0.3 is 10.4 Å². The summed E-state index contributed by atoms with van der Waals surface area (Å²) in [6.45, 7) is 6.94. The van der Waals surface area contributed by atoms with E-state index in [9.17, 15) is 5.11 Å². The molecule has 2 N–H and O–H groups in total. The second kappa shape index (κ2) is 5.13. The normalized spacial score (nSPS) is 10.4. The summed E-state index contributed by atoms with van der Waals surface area (Å²) in [5.41, 5.74) is 5.81. The average Bonchev–Trinajstić information content (AvgIpc) is 2.32. The summed E-state index contributed by atoms with van der Waals surface area (Å²) in [6.07, 6.45) is 0. The molecule has 0 heterocycles. The molecular weight excluding hydrogens is 222 g/mol. The third-order valence-corrected chi connectivity index (χ3v) is 3.18. The lowest BCUT2D eigenvalue weighted by atomic mass is 10.1. The van der Waals surface area contributed by atoms with Crippen LogP contribution in [0.3, 0.4) is 0 Å². The molecule has 0 aliphatic carbocycles. The van der Waals surface area contributed by atoms with Crippen LogP contribution in [0.1, 0.15) is 22.3 Å². The number of hydrogen-bond acceptors (Lipinski definition) is 2. The Balaban J connectivity index is 2.09. The van der Waals surface area contributed by atoms with E-state index in [-0.39, 0.29) is 0 Å². The second-order valence-electron chi connectivity index (χ2n) is 4.78. The molecule has 0 saturated carbocycles. The van der Waals surface area contributed by atoms with Crippen LogP contribution in [0.4, 0.5) is 5.69 Å². The zero-order valence-corrected chi connectivity index (χ0v) is 11.1. The fourth-order valence-electron chi connectivity index (χ4n) is 2.01. The molecule has 0 saturated heterocycles. The number of anilines is 1. The van der Waals surface area contributed by atoms with Gasteiger partial charge in [0.05, 0.1) is 0 Å². The molecule has 94 valence electrons. The molecule has 2 aromatic carbocycles. The predicted molar refractivity (Wildman–Crippen MR) is 76.1 cm³/mol. The number of aromatic hydroxyl groups is 1. The van der Waals surface area contributed by atoms with Crippen LogP contribution >= 0.6 is 0 Å². The third-order valence-electron chi connectivity index (χ3n) is 3.18. The molecule has 2 nitrogen and oxygen atoms in total. The predicted octanol–water partition coefficient (Wildman–Crippen LogP) is 3.93. The molecule has 0 unspecified atom stereocenters. The maximum absolute atomic E-state index is 9.48. The van der Waals surface area contributed by atoms with Crippen molar-refractivity contribution < 1.29 is 5.11 Å². The smallest absolute Gasteiger partial charge is 0.118 e. The minimum absolute atomic E-state index is 0.340. The van der Waals surface area contributed by atoms with Crippen LogP contribution in [0, 0.1) is 20.8 Å². The molecule has 0 aliphatic heterocycles. The molecule has 2 rings (SSSR count). The Bertz CT molecular complexity index is 561. The molecule has 0 atom stereocenters. The molecule has 2 aromatic rings. The van der Waals surface area contributed by atoms with Crippen molar-refractivity contribution in [2.24, 2.45) is 0 Å². The Morgan fingerprint density at radius 2 is 1.72 bits per heavy atom. The van der Waals surface area contributed by atoms with Gasteiger partial charge in [0.1, 0.15) is 5.75 Å². The van der Waals surface area contributed by atoms with Gasteiger partial charge in [0.15, 0.2) is 0 Å². The van der Waals surface area contributed by atoms with Gasteiger partial charge in [-0.1, -0.05) is 23.8 Å². The SMILES string of the molecule is Cc1ccc(CNc2ccc(O)c(C)c2)c(C)c1. The fraction of sp³-hybridized carbons (Fsp3) is 0.250. The van der Waals surface area contributed by atoms with Crippen LogP contribution in [-0.4, -0.2) is 5.11 Å². The van der Waals surface area contributed by atoms with E-state index in [2.05, 4.69) is 37.4 Å². The summed E-state index contributed by atoms with van der Waals surface area (Å²) < 4.78 is 0. The highest BCUT2D eigenvalue weighted by atomic mass is 16.3. The van der Waals surface area contributed by atoms with E-state index in [1.165, 1.54) is 16.7 Å². The van der Waals surface area contributed by atoms with E-state index in [0.29, 0.717) is 5.75 Å². The van der Waals surface area contributed by atoms with Gasteiger partial charge >= 0.3 is 0 Å². The number of nitrogens with one attached hydrogen (secondary N) is 1. The minimum Gasteiger partial charge on any atom is -0.508 e. The Morgan fingerprint density at radius 1 is 0.944 bits per heavy atom. The van der Waals surface area contributed by atoms with Gasteiger partial charge in [-0.25, -0.2) is 0 Å². The van der Waals surface area contributed by atoms with Gasteiger partial charge in [0, 0.05) is 12.2 Å². The molecule has 0 radical (unpaired) electrons. The first-order valence-corrected chi connectivity index (χ1v) is 6.16. The van der Waals surface area contributed by atoms with Crippen molar-refractivity contribution >= 4 is 5.69 Å². The molecule has 0 fully saturated rings. The van der Waals surface area contributed by atoms with Crippen molar-refractivity contribution in [3.05, 3.63) is 58.7 Å². The van der Waals surface area contributed by atoms with E-state index < -0.39 is 0 Å². The topological polar surface area (TPSA) is 32.3 Å². The standard InChI is InChI=1S/C16H19NO/c1-11-4-5-14(12(2)8-11)10-17-15-6-7-16(18)13(3)9-15/h4-9,17-18H,10H2,1-3H3. The first-order valence-electron chi connectivity index (χ1n) is 6.16. The number of phenols is 1. The zero-order chi connectivity index (χ0) is 13.1. The van der Waals surface area contributed by atoms with Crippen LogP contribution in [0.5, 0.6) is 5.75 Å². The molecule has 0 bridgehead atoms. The summed E-state index contributed by atoms with van der Waals surface area (Å²) in [7, 11) is 0. The maximum atomic E-state index is 9.48. The van der Waals surface area contributed by atoms with Crippen molar-refractivity contribution in [3.8, 4) is 5.75 Å². The van der Waals surface area contributed by atoms with Crippen molar-refractivity contribution in [1.29, 1.82) is 0 Å². The quantitative estimate of drug-likeness (QED) is 0.798. The van der Waals surface area contributed by atoms with Gasteiger partial charge in [0.2, 0.25) is 0 Å². The zero-order valence-electron chi connectivity index (χ0n) is 11.1. The lowest BCUT2D eigenvalue weighted by molar-refractivity contribution is 0.471. The lowest BCUT2D eigenvalue weighted by Gasteiger charge is -2.11. The Kier molecular flexibility index (Phi) is 3.56. The molecule has 18 heavy (non-hydrogen) atoms. The Hall–Kier alpha value is -1.96. The molecule has 2 heteroatoms. The molecule has 0 aromatic heterocycles. The van der Waals surface area contributed by atoms with Gasteiger partial charge in [-0.2, -0.15) is 0 Å². The maximum Gasteiger partial charge on any atom is 0.118 e. The molecule has 0 spiro atoms. The van der Waals surface area contributed by atoms with Gasteiger partial charge in [-0.05, 0) is 55.7 Å². The van der Waals surface area contributed by atoms with Crippen molar-refractivity contribution in [1.82, 2.24) is 0 Å². The van der Waals surface area contributed by atoms with Crippen LogP contribution in [0.15, 0.2) is 36.4 Å². The summed E-state index contributed by atoms with van der Waals surface area (Å²) in [6, 6.07) is 12.1. The monoisotopic (exact) mass is 241 g/mol. The Labute approximate surface area is 108 Å². The van der Waals surface area contributed by atoms with Crippen LogP contribution in [0.2, 0.25) is 0 Å². The van der Waals surface area contributed by atoms with Gasteiger partial charge in [-0.15, -0.1) is 0 Å². The van der Waals surface area contributed by atoms with Crippen LogP contribution in [-0.2, 0) is 6.54 Å². The molecule has 0 amide bonds. The van der Waals surface area contributed by atoms with E-state index in [0.717, 1.165) is 17.8 Å². The van der Waals surface area contributed by atoms with Crippen molar-refractivity contribution in [2.45, 2.75) is 27.3 Å². The number of aryl methyl sites for hydroxylation is 3. The highest BCUT2D eigenvalue weighted by molar-refractivity contribution is 5.50.